The van der Waals surface area contributed by atoms with Crippen molar-refractivity contribution in [3.63, 3.8) is 0 Å². The minimum atomic E-state index is -0.197. The van der Waals surface area contributed by atoms with Crippen molar-refractivity contribution in [1.29, 1.82) is 0 Å². The maximum absolute atomic E-state index is 13.1. The molecule has 0 saturated carbocycles. The molecule has 20 heavy (non-hydrogen) atoms. The minimum Gasteiger partial charge on any atom is -0.361 e. The Kier molecular flexibility index (Phi) is 3.85. The summed E-state index contributed by atoms with van der Waals surface area (Å²) in [5.74, 6) is -0.197. The van der Waals surface area contributed by atoms with E-state index in [1.165, 1.54) is 6.07 Å². The Bertz CT molecular complexity index is 742. The first kappa shape index (κ1) is 13.3. The standard InChI is InChI=1S/C15H12ClFN2S/c16-11-4-5-13-14(9-11)20-15(19-13)18-7-6-10-2-1-3-12(17)8-10/h1-5,8-9H,6-7H2,(H,18,19). The average Bonchev–Trinajstić information content (AvgIpc) is 2.80. The van der Waals surface area contributed by atoms with Crippen molar-refractivity contribution in [1.82, 2.24) is 4.98 Å². The number of benzene rings is 2. The van der Waals surface area contributed by atoms with E-state index in [9.17, 15) is 4.39 Å². The van der Waals surface area contributed by atoms with E-state index in [2.05, 4.69) is 10.3 Å². The van der Waals surface area contributed by atoms with Crippen LogP contribution in [0, 0.1) is 5.82 Å². The zero-order valence-corrected chi connectivity index (χ0v) is 12.1. The van der Waals surface area contributed by atoms with Crippen LogP contribution in [0.4, 0.5) is 9.52 Å². The summed E-state index contributed by atoms with van der Waals surface area (Å²) in [5, 5.41) is 4.84. The van der Waals surface area contributed by atoms with Gasteiger partial charge in [0.25, 0.3) is 0 Å². The highest BCUT2D eigenvalue weighted by atomic mass is 35.5. The third-order valence-corrected chi connectivity index (χ3v) is 4.14. The molecule has 1 heterocycles. The molecular formula is C15H12ClFN2S. The van der Waals surface area contributed by atoms with Gasteiger partial charge in [0.1, 0.15) is 5.82 Å². The summed E-state index contributed by atoms with van der Waals surface area (Å²) in [7, 11) is 0. The molecule has 1 N–H and O–H groups in total. The Hall–Kier alpha value is -1.65. The van der Waals surface area contributed by atoms with Gasteiger partial charge >= 0.3 is 0 Å². The fraction of sp³-hybridized carbons (Fsp3) is 0.133. The quantitative estimate of drug-likeness (QED) is 0.753. The molecule has 2 aromatic carbocycles. The Morgan fingerprint density at radius 1 is 1.20 bits per heavy atom. The molecule has 0 fully saturated rings. The van der Waals surface area contributed by atoms with Crippen molar-refractivity contribution in [2.24, 2.45) is 0 Å². The number of aromatic nitrogens is 1. The molecule has 1 aromatic heterocycles. The van der Waals surface area contributed by atoms with Gasteiger partial charge in [0.05, 0.1) is 10.2 Å². The van der Waals surface area contributed by atoms with Crippen LogP contribution in [-0.2, 0) is 6.42 Å². The summed E-state index contributed by atoms with van der Waals surface area (Å²) in [6, 6.07) is 12.3. The second-order valence-corrected chi connectivity index (χ2v) is 5.90. The number of halogens is 2. The number of hydrogen-bond acceptors (Lipinski definition) is 3. The van der Waals surface area contributed by atoms with E-state index < -0.39 is 0 Å². The van der Waals surface area contributed by atoms with Crippen molar-refractivity contribution in [3.8, 4) is 0 Å². The zero-order valence-electron chi connectivity index (χ0n) is 10.6. The first-order valence-corrected chi connectivity index (χ1v) is 7.44. The molecule has 0 aliphatic rings. The summed E-state index contributed by atoms with van der Waals surface area (Å²) in [6.07, 6.45) is 0.758. The lowest BCUT2D eigenvalue weighted by molar-refractivity contribution is 0.625. The normalized spacial score (nSPS) is 10.9. The Balaban J connectivity index is 1.65. The average molecular weight is 307 g/mol. The first-order valence-electron chi connectivity index (χ1n) is 6.25. The van der Waals surface area contributed by atoms with Crippen molar-refractivity contribution in [2.75, 3.05) is 11.9 Å². The lowest BCUT2D eigenvalue weighted by Gasteiger charge is -2.02. The van der Waals surface area contributed by atoms with Gasteiger partial charge in [0.15, 0.2) is 5.13 Å². The van der Waals surface area contributed by atoms with Crippen LogP contribution in [0.3, 0.4) is 0 Å². The van der Waals surface area contributed by atoms with Crippen LogP contribution < -0.4 is 5.32 Å². The van der Waals surface area contributed by atoms with E-state index in [1.807, 2.05) is 24.3 Å². The summed E-state index contributed by atoms with van der Waals surface area (Å²) in [4.78, 5) is 4.48. The SMILES string of the molecule is Fc1cccc(CCNc2nc3ccc(Cl)cc3s2)c1. The highest BCUT2D eigenvalue weighted by Gasteiger charge is 2.04. The van der Waals surface area contributed by atoms with Gasteiger partial charge in [0, 0.05) is 11.6 Å². The third kappa shape index (κ3) is 3.08. The van der Waals surface area contributed by atoms with E-state index in [4.69, 9.17) is 11.6 Å². The molecule has 5 heteroatoms. The van der Waals surface area contributed by atoms with E-state index in [0.29, 0.717) is 5.02 Å². The predicted molar refractivity (Wildman–Crippen MR) is 83.2 cm³/mol. The van der Waals surface area contributed by atoms with Crippen LogP contribution in [0.15, 0.2) is 42.5 Å². The van der Waals surface area contributed by atoms with E-state index in [1.54, 1.807) is 23.5 Å². The maximum Gasteiger partial charge on any atom is 0.183 e. The molecule has 2 nitrogen and oxygen atoms in total. The van der Waals surface area contributed by atoms with E-state index in [-0.39, 0.29) is 5.82 Å². The number of nitrogens with one attached hydrogen (secondary N) is 1. The Labute approximate surface area is 125 Å². The third-order valence-electron chi connectivity index (χ3n) is 2.93. The summed E-state index contributed by atoms with van der Waals surface area (Å²) in [5.41, 5.74) is 1.91. The summed E-state index contributed by atoms with van der Waals surface area (Å²) >= 11 is 7.52. The number of thiazole rings is 1. The van der Waals surface area contributed by atoms with Crippen LogP contribution in [-0.4, -0.2) is 11.5 Å². The number of fused-ring (bicyclic) bond motifs is 1. The van der Waals surface area contributed by atoms with E-state index >= 15 is 0 Å². The van der Waals surface area contributed by atoms with Crippen molar-refractivity contribution in [2.45, 2.75) is 6.42 Å². The number of anilines is 1. The molecule has 3 aromatic rings. The number of hydrogen-bond donors (Lipinski definition) is 1. The largest absolute Gasteiger partial charge is 0.361 e. The minimum absolute atomic E-state index is 0.197. The fourth-order valence-corrected chi connectivity index (χ4v) is 3.15. The van der Waals surface area contributed by atoms with Crippen LogP contribution in [0.1, 0.15) is 5.56 Å². The maximum atomic E-state index is 13.1. The van der Waals surface area contributed by atoms with Gasteiger partial charge in [-0.05, 0) is 42.3 Å². The monoisotopic (exact) mass is 306 g/mol. The molecule has 0 bridgehead atoms. The van der Waals surface area contributed by atoms with Crippen LogP contribution in [0.5, 0.6) is 0 Å². The highest BCUT2D eigenvalue weighted by Crippen LogP contribution is 2.28. The lowest BCUT2D eigenvalue weighted by atomic mass is 10.1. The summed E-state index contributed by atoms with van der Waals surface area (Å²) < 4.78 is 14.1. The molecule has 102 valence electrons. The van der Waals surface area contributed by atoms with Crippen molar-refractivity contribution in [3.05, 3.63) is 58.9 Å². The van der Waals surface area contributed by atoms with Gasteiger partial charge in [0.2, 0.25) is 0 Å². The topological polar surface area (TPSA) is 24.9 Å². The summed E-state index contributed by atoms with van der Waals surface area (Å²) in [6.45, 7) is 0.719. The molecule has 0 saturated heterocycles. The molecule has 0 unspecified atom stereocenters. The molecule has 3 rings (SSSR count). The number of nitrogens with zero attached hydrogens (tertiary/aromatic N) is 1. The van der Waals surface area contributed by atoms with Gasteiger partial charge in [-0.25, -0.2) is 9.37 Å². The first-order chi connectivity index (χ1) is 9.70. The highest BCUT2D eigenvalue weighted by molar-refractivity contribution is 7.22. The Morgan fingerprint density at radius 2 is 2.10 bits per heavy atom. The Morgan fingerprint density at radius 3 is 2.95 bits per heavy atom. The van der Waals surface area contributed by atoms with Gasteiger partial charge in [-0.3, -0.25) is 0 Å². The van der Waals surface area contributed by atoms with Crippen molar-refractivity contribution >= 4 is 38.3 Å². The molecule has 0 aliphatic heterocycles. The molecule has 0 aliphatic carbocycles. The van der Waals surface area contributed by atoms with Gasteiger partial charge in [-0.2, -0.15) is 0 Å². The molecular weight excluding hydrogens is 295 g/mol. The molecule has 0 spiro atoms. The van der Waals surface area contributed by atoms with Crippen LogP contribution in [0.25, 0.3) is 10.2 Å². The van der Waals surface area contributed by atoms with Crippen LogP contribution >= 0.6 is 22.9 Å². The van der Waals surface area contributed by atoms with E-state index in [0.717, 1.165) is 33.9 Å². The van der Waals surface area contributed by atoms with Crippen molar-refractivity contribution < 1.29 is 4.39 Å². The van der Waals surface area contributed by atoms with Gasteiger partial charge in [-0.1, -0.05) is 35.1 Å². The second kappa shape index (κ2) is 5.77. The predicted octanol–water partition coefficient (Wildman–Crippen LogP) is 4.74. The van der Waals surface area contributed by atoms with Gasteiger partial charge < -0.3 is 5.32 Å². The fourth-order valence-electron chi connectivity index (χ4n) is 1.98. The van der Waals surface area contributed by atoms with Gasteiger partial charge in [-0.15, -0.1) is 0 Å². The number of rotatable bonds is 4. The van der Waals surface area contributed by atoms with Crippen LogP contribution in [0.2, 0.25) is 5.02 Å². The molecule has 0 atom stereocenters. The zero-order chi connectivity index (χ0) is 13.9. The second-order valence-electron chi connectivity index (χ2n) is 4.44. The molecule has 0 amide bonds. The molecule has 0 radical (unpaired) electrons. The smallest absolute Gasteiger partial charge is 0.183 e. The lowest BCUT2D eigenvalue weighted by Crippen LogP contribution is -2.04.